The quantitative estimate of drug-likeness (QED) is 0.838. The van der Waals surface area contributed by atoms with Crippen molar-refractivity contribution in [1.82, 2.24) is 0 Å². The summed E-state index contributed by atoms with van der Waals surface area (Å²) in [7, 11) is 0. The summed E-state index contributed by atoms with van der Waals surface area (Å²) in [6.45, 7) is -1.34. The first-order valence-corrected chi connectivity index (χ1v) is 4.43. The zero-order valence-electron chi connectivity index (χ0n) is 6.94. The van der Waals surface area contributed by atoms with Crippen LogP contribution >= 0.6 is 15.9 Å². The van der Waals surface area contributed by atoms with Gasteiger partial charge in [0.1, 0.15) is 5.75 Å². The number of benzene rings is 1. The molecule has 1 aromatic rings. The van der Waals surface area contributed by atoms with E-state index in [0.717, 1.165) is 0 Å². The van der Waals surface area contributed by atoms with Crippen LogP contribution in [0.3, 0.4) is 0 Å². The molecule has 0 aliphatic carbocycles. The van der Waals surface area contributed by atoms with E-state index in [1.165, 1.54) is 6.07 Å². The summed E-state index contributed by atoms with van der Waals surface area (Å²) < 4.78 is 40.4. The van der Waals surface area contributed by atoms with Crippen molar-refractivity contribution < 1.29 is 17.9 Å². The maximum absolute atomic E-state index is 11.8. The van der Waals surface area contributed by atoms with Gasteiger partial charge in [0.25, 0.3) is 0 Å². The molecule has 0 heterocycles. The van der Waals surface area contributed by atoms with Gasteiger partial charge >= 0.3 is 6.18 Å². The number of ether oxygens (including phenoxy) is 1. The van der Waals surface area contributed by atoms with Gasteiger partial charge in [-0.15, -0.1) is 0 Å². The van der Waals surface area contributed by atoms with Gasteiger partial charge in [-0.3, -0.25) is 0 Å². The Bertz CT molecular complexity index is 327. The number of hydrogen-bond donors (Lipinski definition) is 1. The average molecular weight is 270 g/mol. The minimum atomic E-state index is -4.35. The van der Waals surface area contributed by atoms with E-state index in [-0.39, 0.29) is 11.4 Å². The molecule has 0 radical (unpaired) electrons. The fraction of sp³-hybridized carbons (Fsp3) is 0.250. The molecule has 2 nitrogen and oxygen atoms in total. The second kappa shape index (κ2) is 4.08. The molecule has 1 rings (SSSR count). The van der Waals surface area contributed by atoms with Crippen molar-refractivity contribution in [2.75, 3.05) is 12.3 Å². The Morgan fingerprint density at radius 3 is 2.57 bits per heavy atom. The molecule has 78 valence electrons. The van der Waals surface area contributed by atoms with Crippen LogP contribution in [0, 0.1) is 0 Å². The number of rotatable bonds is 2. The number of nitrogens with two attached hydrogens (primary N) is 1. The first kappa shape index (κ1) is 11.2. The Balaban J connectivity index is 2.73. The van der Waals surface area contributed by atoms with E-state index in [0.29, 0.717) is 4.47 Å². The van der Waals surface area contributed by atoms with E-state index in [2.05, 4.69) is 20.7 Å². The van der Waals surface area contributed by atoms with Crippen LogP contribution in [0.5, 0.6) is 5.75 Å². The van der Waals surface area contributed by atoms with E-state index >= 15 is 0 Å². The van der Waals surface area contributed by atoms with E-state index in [4.69, 9.17) is 5.73 Å². The molecule has 0 spiro atoms. The average Bonchev–Trinajstić information content (AvgIpc) is 2.06. The Morgan fingerprint density at radius 1 is 1.36 bits per heavy atom. The molecule has 2 N–H and O–H groups in total. The first-order valence-electron chi connectivity index (χ1n) is 3.63. The third-order valence-corrected chi connectivity index (χ3v) is 2.10. The molecule has 1 aromatic carbocycles. The van der Waals surface area contributed by atoms with Gasteiger partial charge in [0.15, 0.2) is 6.61 Å². The largest absolute Gasteiger partial charge is 0.482 e. The lowest BCUT2D eigenvalue weighted by Gasteiger charge is -2.11. The summed E-state index contributed by atoms with van der Waals surface area (Å²) in [5.41, 5.74) is 5.64. The maximum Gasteiger partial charge on any atom is 0.422 e. The predicted octanol–water partition coefficient (Wildman–Crippen LogP) is 2.97. The van der Waals surface area contributed by atoms with Gasteiger partial charge in [-0.25, -0.2) is 0 Å². The van der Waals surface area contributed by atoms with E-state index in [9.17, 15) is 13.2 Å². The highest BCUT2D eigenvalue weighted by Gasteiger charge is 2.28. The molecule has 0 amide bonds. The normalized spacial score (nSPS) is 11.4. The van der Waals surface area contributed by atoms with E-state index < -0.39 is 12.8 Å². The predicted molar refractivity (Wildman–Crippen MR) is 50.1 cm³/mol. The van der Waals surface area contributed by atoms with Crippen LogP contribution in [0.1, 0.15) is 0 Å². The van der Waals surface area contributed by atoms with Crippen molar-refractivity contribution >= 4 is 21.6 Å². The molecule has 14 heavy (non-hydrogen) atoms. The molecule has 0 aliphatic rings. The Morgan fingerprint density at radius 2 is 2.00 bits per heavy atom. The van der Waals surface area contributed by atoms with Crippen molar-refractivity contribution in [2.24, 2.45) is 0 Å². The van der Waals surface area contributed by atoms with Gasteiger partial charge in [-0.1, -0.05) is 6.07 Å². The monoisotopic (exact) mass is 269 g/mol. The minimum absolute atomic E-state index is 0.0247. The fourth-order valence-electron chi connectivity index (χ4n) is 0.803. The number of hydrogen-bond acceptors (Lipinski definition) is 2. The minimum Gasteiger partial charge on any atom is -0.482 e. The lowest BCUT2D eigenvalue weighted by molar-refractivity contribution is -0.153. The van der Waals surface area contributed by atoms with Crippen LogP contribution in [0.25, 0.3) is 0 Å². The third-order valence-electron chi connectivity index (χ3n) is 1.40. The highest BCUT2D eigenvalue weighted by Crippen LogP contribution is 2.30. The molecule has 0 aromatic heterocycles. The van der Waals surface area contributed by atoms with Crippen LogP contribution in [0.2, 0.25) is 0 Å². The highest BCUT2D eigenvalue weighted by molar-refractivity contribution is 9.10. The molecule has 0 fully saturated rings. The summed E-state index contributed by atoms with van der Waals surface area (Å²) >= 11 is 3.08. The SMILES string of the molecule is Nc1c(Br)cccc1OCC(F)(F)F. The summed E-state index contributed by atoms with van der Waals surface area (Å²) in [5, 5.41) is 0. The number of alkyl halides is 3. The fourth-order valence-corrected chi connectivity index (χ4v) is 1.15. The second-order valence-corrected chi connectivity index (χ2v) is 3.41. The van der Waals surface area contributed by atoms with Crippen LogP contribution in [-0.2, 0) is 0 Å². The molecule has 0 atom stereocenters. The number of halogens is 4. The molecular weight excluding hydrogens is 263 g/mol. The lowest BCUT2D eigenvalue weighted by atomic mass is 10.3. The summed E-state index contributed by atoms with van der Waals surface area (Å²) in [6.07, 6.45) is -4.35. The van der Waals surface area contributed by atoms with E-state index in [1.807, 2.05) is 0 Å². The zero-order valence-corrected chi connectivity index (χ0v) is 8.52. The standard InChI is InChI=1S/C8H7BrF3NO/c9-5-2-1-3-6(7(5)13)14-4-8(10,11)12/h1-3H,4,13H2. The number of anilines is 1. The molecular formula is C8H7BrF3NO. The molecule has 0 unspecified atom stereocenters. The zero-order chi connectivity index (χ0) is 10.8. The third kappa shape index (κ3) is 3.10. The van der Waals surface area contributed by atoms with Crippen molar-refractivity contribution in [3.05, 3.63) is 22.7 Å². The van der Waals surface area contributed by atoms with Crippen molar-refractivity contribution in [2.45, 2.75) is 6.18 Å². The van der Waals surface area contributed by atoms with Gasteiger partial charge in [-0.05, 0) is 28.1 Å². The van der Waals surface area contributed by atoms with Gasteiger partial charge in [-0.2, -0.15) is 13.2 Å². The Kier molecular flexibility index (Phi) is 3.25. The van der Waals surface area contributed by atoms with Crippen molar-refractivity contribution in [1.29, 1.82) is 0 Å². The maximum atomic E-state index is 11.8. The van der Waals surface area contributed by atoms with Crippen molar-refractivity contribution in [3.63, 3.8) is 0 Å². The number of para-hydroxylation sites is 1. The molecule has 0 aliphatic heterocycles. The van der Waals surface area contributed by atoms with Crippen molar-refractivity contribution in [3.8, 4) is 5.75 Å². The van der Waals surface area contributed by atoms with Crippen LogP contribution < -0.4 is 10.5 Å². The van der Waals surface area contributed by atoms with Crippen LogP contribution in [0.15, 0.2) is 22.7 Å². The first-order chi connectivity index (χ1) is 6.40. The van der Waals surface area contributed by atoms with Crippen LogP contribution in [0.4, 0.5) is 18.9 Å². The van der Waals surface area contributed by atoms with Gasteiger partial charge in [0.2, 0.25) is 0 Å². The molecule has 0 saturated heterocycles. The Labute approximate surface area is 87.0 Å². The van der Waals surface area contributed by atoms with E-state index in [1.54, 1.807) is 12.1 Å². The highest BCUT2D eigenvalue weighted by atomic mass is 79.9. The van der Waals surface area contributed by atoms with Gasteiger partial charge < -0.3 is 10.5 Å². The summed E-state index contributed by atoms with van der Waals surface area (Å²) in [4.78, 5) is 0. The second-order valence-electron chi connectivity index (χ2n) is 2.56. The van der Waals surface area contributed by atoms with Gasteiger partial charge in [0, 0.05) is 4.47 Å². The lowest BCUT2D eigenvalue weighted by Crippen LogP contribution is -2.19. The molecule has 0 bridgehead atoms. The Hall–Kier alpha value is -0.910. The van der Waals surface area contributed by atoms with Gasteiger partial charge in [0.05, 0.1) is 5.69 Å². The topological polar surface area (TPSA) is 35.2 Å². The smallest absolute Gasteiger partial charge is 0.422 e. The molecule has 6 heteroatoms. The van der Waals surface area contributed by atoms with Crippen LogP contribution in [-0.4, -0.2) is 12.8 Å². The summed E-state index contributed by atoms with van der Waals surface area (Å²) in [5.74, 6) is 0.0247. The molecule has 0 saturated carbocycles. The summed E-state index contributed by atoms with van der Waals surface area (Å²) in [6, 6.07) is 4.55. The number of nitrogen functional groups attached to an aromatic ring is 1.